The lowest BCUT2D eigenvalue weighted by Crippen LogP contribution is -2.50. The van der Waals surface area contributed by atoms with Crippen molar-refractivity contribution >= 4 is 47.6 Å². The van der Waals surface area contributed by atoms with E-state index in [9.17, 15) is 16.8 Å². The van der Waals surface area contributed by atoms with Crippen LogP contribution in [0.3, 0.4) is 0 Å². The summed E-state index contributed by atoms with van der Waals surface area (Å²) in [6, 6.07) is 11.3. The first-order valence-electron chi connectivity index (χ1n) is 8.15. The van der Waals surface area contributed by atoms with E-state index < -0.39 is 20.0 Å². The Kier molecular flexibility index (Phi) is 6.00. The summed E-state index contributed by atoms with van der Waals surface area (Å²) < 4.78 is 54.8. The zero-order valence-electron chi connectivity index (χ0n) is 14.5. The Bertz CT molecular complexity index is 1070. The zero-order valence-corrected chi connectivity index (χ0v) is 18.4. The van der Waals surface area contributed by atoms with E-state index in [1.807, 2.05) is 0 Å². The quantitative estimate of drug-likeness (QED) is 0.656. The smallest absolute Gasteiger partial charge is 0.207 e. The molecule has 2 aromatic carbocycles. The Morgan fingerprint density at radius 3 is 1.93 bits per heavy atom. The number of benzene rings is 2. The summed E-state index contributed by atoms with van der Waals surface area (Å²) in [6.45, 7) is 2.03. The lowest BCUT2D eigenvalue weighted by molar-refractivity contribution is 0.272. The Labute approximate surface area is 173 Å². The first-order valence-corrected chi connectivity index (χ1v) is 12.2. The molecule has 0 N–H and O–H groups in total. The predicted molar refractivity (Wildman–Crippen MR) is 108 cm³/mol. The fourth-order valence-corrected chi connectivity index (χ4v) is 7.04. The average Bonchev–Trinajstić information content (AvgIpc) is 2.64. The normalized spacial score (nSPS) is 17.1. The molecule has 0 aromatic heterocycles. The number of rotatable bonds is 4. The van der Waals surface area contributed by atoms with Gasteiger partial charge in [-0.25, -0.2) is 16.8 Å². The van der Waals surface area contributed by atoms with Gasteiger partial charge in [-0.1, -0.05) is 45.7 Å². The number of aryl methyl sites for hydroxylation is 1. The molecule has 6 nitrogen and oxygen atoms in total. The van der Waals surface area contributed by atoms with Gasteiger partial charge in [0.2, 0.25) is 20.0 Å². The molecular weight excluding hydrogens is 476 g/mol. The number of piperazine rings is 1. The number of halogens is 2. The van der Waals surface area contributed by atoms with Crippen molar-refractivity contribution in [3.8, 4) is 0 Å². The highest BCUT2D eigenvalue weighted by Gasteiger charge is 2.35. The number of hydrogen-bond donors (Lipinski definition) is 0. The average molecular weight is 494 g/mol. The predicted octanol–water partition coefficient (Wildman–Crippen LogP) is 3.11. The van der Waals surface area contributed by atoms with Crippen molar-refractivity contribution in [1.82, 2.24) is 8.61 Å². The first kappa shape index (κ1) is 20.8. The van der Waals surface area contributed by atoms with Gasteiger partial charge in [-0.3, -0.25) is 0 Å². The Balaban J connectivity index is 1.81. The van der Waals surface area contributed by atoms with Crippen molar-refractivity contribution in [3.05, 3.63) is 57.5 Å². The summed E-state index contributed by atoms with van der Waals surface area (Å²) in [4.78, 5) is 0.255. The molecule has 0 unspecified atom stereocenters. The molecule has 1 aliphatic heterocycles. The van der Waals surface area contributed by atoms with Gasteiger partial charge in [0.25, 0.3) is 0 Å². The molecule has 0 saturated carbocycles. The second-order valence-electron chi connectivity index (χ2n) is 6.15. The van der Waals surface area contributed by atoms with E-state index in [-0.39, 0.29) is 41.0 Å². The number of hydrogen-bond acceptors (Lipinski definition) is 4. The largest absolute Gasteiger partial charge is 0.244 e. The molecule has 1 aliphatic rings. The van der Waals surface area contributed by atoms with Crippen molar-refractivity contribution in [2.75, 3.05) is 26.2 Å². The van der Waals surface area contributed by atoms with E-state index in [1.54, 1.807) is 37.3 Å². The van der Waals surface area contributed by atoms with Crippen molar-refractivity contribution < 1.29 is 16.8 Å². The first-order chi connectivity index (χ1) is 12.6. The van der Waals surface area contributed by atoms with Crippen LogP contribution in [0.1, 0.15) is 5.56 Å². The molecule has 0 bridgehead atoms. The van der Waals surface area contributed by atoms with Gasteiger partial charge >= 0.3 is 0 Å². The van der Waals surface area contributed by atoms with Crippen LogP contribution in [-0.4, -0.2) is 51.6 Å². The third kappa shape index (κ3) is 4.08. The third-order valence-electron chi connectivity index (χ3n) is 4.42. The fraction of sp³-hybridized carbons (Fsp3) is 0.294. The van der Waals surface area contributed by atoms with Gasteiger partial charge in [0.1, 0.15) is 4.90 Å². The van der Waals surface area contributed by atoms with Crippen molar-refractivity contribution in [2.24, 2.45) is 0 Å². The van der Waals surface area contributed by atoms with Crippen molar-refractivity contribution in [3.63, 3.8) is 0 Å². The van der Waals surface area contributed by atoms with Gasteiger partial charge in [-0.15, -0.1) is 0 Å². The van der Waals surface area contributed by atoms with Crippen LogP contribution < -0.4 is 0 Å². The van der Waals surface area contributed by atoms with E-state index in [4.69, 9.17) is 11.6 Å². The van der Waals surface area contributed by atoms with E-state index in [2.05, 4.69) is 15.9 Å². The Hall–Kier alpha value is -0.970. The summed E-state index contributed by atoms with van der Waals surface area (Å²) in [5.41, 5.74) is 0.643. The molecule has 10 heteroatoms. The molecule has 2 aromatic rings. The molecule has 27 heavy (non-hydrogen) atoms. The highest BCUT2D eigenvalue weighted by Crippen LogP contribution is 2.28. The maximum absolute atomic E-state index is 13.0. The van der Waals surface area contributed by atoms with Crippen LogP contribution in [0.2, 0.25) is 5.02 Å². The van der Waals surface area contributed by atoms with E-state index in [0.29, 0.717) is 10.0 Å². The Morgan fingerprint density at radius 2 is 1.37 bits per heavy atom. The molecule has 1 heterocycles. The molecule has 0 amide bonds. The molecule has 0 atom stereocenters. The number of sulfonamides is 2. The second kappa shape index (κ2) is 7.81. The van der Waals surface area contributed by atoms with Gasteiger partial charge in [0.15, 0.2) is 0 Å². The van der Waals surface area contributed by atoms with Crippen molar-refractivity contribution in [2.45, 2.75) is 16.7 Å². The summed E-state index contributed by atoms with van der Waals surface area (Å²) in [5.74, 6) is 0. The SMILES string of the molecule is Cc1ccc(Br)cc1S(=O)(=O)N1CCN(S(=O)(=O)c2ccccc2Cl)CC1. The van der Waals surface area contributed by atoms with Crippen LogP contribution in [0.15, 0.2) is 56.7 Å². The lowest BCUT2D eigenvalue weighted by Gasteiger charge is -2.33. The molecule has 146 valence electrons. The van der Waals surface area contributed by atoms with E-state index in [0.717, 1.165) is 0 Å². The van der Waals surface area contributed by atoms with Crippen LogP contribution in [-0.2, 0) is 20.0 Å². The molecule has 0 spiro atoms. The summed E-state index contributed by atoms with van der Waals surface area (Å²) in [7, 11) is -7.47. The minimum absolute atomic E-state index is 0.0332. The topological polar surface area (TPSA) is 74.8 Å². The molecular formula is C17H18BrClN2O4S2. The standard InChI is InChI=1S/C17H18BrClN2O4S2/c1-13-6-7-14(18)12-17(13)27(24,25)21-10-8-20(9-11-21)26(22,23)16-5-3-2-4-15(16)19/h2-7,12H,8-11H2,1H3. The minimum Gasteiger partial charge on any atom is -0.207 e. The molecule has 3 rings (SSSR count). The molecule has 0 aliphatic carbocycles. The van der Waals surface area contributed by atoms with Crippen LogP contribution >= 0.6 is 27.5 Å². The maximum Gasteiger partial charge on any atom is 0.244 e. The summed E-state index contributed by atoms with van der Waals surface area (Å²) in [6.07, 6.45) is 0. The van der Waals surface area contributed by atoms with Crippen LogP contribution in [0.25, 0.3) is 0 Å². The van der Waals surface area contributed by atoms with Gasteiger partial charge in [0, 0.05) is 30.7 Å². The third-order valence-corrected chi connectivity index (χ3v) is 9.35. The van der Waals surface area contributed by atoms with Crippen LogP contribution in [0, 0.1) is 6.92 Å². The summed E-state index contributed by atoms with van der Waals surface area (Å²) >= 11 is 9.32. The fourth-order valence-electron chi connectivity index (χ4n) is 2.93. The molecule has 0 radical (unpaired) electrons. The summed E-state index contributed by atoms with van der Waals surface area (Å²) in [5, 5.41) is 0.150. The zero-order chi connectivity index (χ0) is 19.8. The van der Waals surface area contributed by atoms with Gasteiger partial charge in [-0.05, 0) is 36.8 Å². The number of nitrogens with zero attached hydrogens (tertiary/aromatic N) is 2. The highest BCUT2D eigenvalue weighted by atomic mass is 79.9. The van der Waals surface area contributed by atoms with E-state index in [1.165, 1.54) is 20.7 Å². The lowest BCUT2D eigenvalue weighted by atomic mass is 10.2. The van der Waals surface area contributed by atoms with Gasteiger partial charge in [0.05, 0.1) is 9.92 Å². The molecule has 1 saturated heterocycles. The minimum atomic E-state index is -3.77. The monoisotopic (exact) mass is 492 g/mol. The van der Waals surface area contributed by atoms with Crippen LogP contribution in [0.5, 0.6) is 0 Å². The van der Waals surface area contributed by atoms with E-state index >= 15 is 0 Å². The Morgan fingerprint density at radius 1 is 0.852 bits per heavy atom. The van der Waals surface area contributed by atoms with Gasteiger partial charge < -0.3 is 0 Å². The van der Waals surface area contributed by atoms with Crippen LogP contribution in [0.4, 0.5) is 0 Å². The van der Waals surface area contributed by atoms with Crippen molar-refractivity contribution in [1.29, 1.82) is 0 Å². The highest BCUT2D eigenvalue weighted by molar-refractivity contribution is 9.10. The molecule has 1 fully saturated rings. The maximum atomic E-state index is 13.0. The second-order valence-corrected chi connectivity index (χ2v) is 11.3. The van der Waals surface area contributed by atoms with Gasteiger partial charge in [-0.2, -0.15) is 8.61 Å².